The van der Waals surface area contributed by atoms with Gasteiger partial charge in [-0.15, -0.1) is 12.4 Å². The van der Waals surface area contributed by atoms with Gasteiger partial charge in [-0.2, -0.15) is 0 Å². The van der Waals surface area contributed by atoms with E-state index in [0.29, 0.717) is 18.9 Å². The van der Waals surface area contributed by atoms with Crippen molar-refractivity contribution in [1.82, 2.24) is 5.32 Å². The summed E-state index contributed by atoms with van der Waals surface area (Å²) in [4.78, 5) is 12.0. The molecule has 0 aromatic carbocycles. The predicted molar refractivity (Wildman–Crippen MR) is 81.4 cm³/mol. The first-order valence-corrected chi connectivity index (χ1v) is 7.65. The van der Waals surface area contributed by atoms with Crippen molar-refractivity contribution in [3.05, 3.63) is 0 Å². The number of hydrogen-bond acceptors (Lipinski definition) is 2. The average Bonchev–Trinajstić information content (AvgIpc) is 3.09. The van der Waals surface area contributed by atoms with Crippen molar-refractivity contribution in [1.29, 1.82) is 0 Å². The number of nitrogens with one attached hydrogen (secondary N) is 1. The summed E-state index contributed by atoms with van der Waals surface area (Å²) in [5, 5.41) is 3.17. The molecule has 0 aromatic rings. The lowest BCUT2D eigenvalue weighted by Gasteiger charge is -2.29. The van der Waals surface area contributed by atoms with E-state index in [1.807, 2.05) is 0 Å². The molecule has 0 aliphatic heterocycles. The molecule has 2 rings (SSSR count). The lowest BCUT2D eigenvalue weighted by Crippen LogP contribution is -2.53. The molecular weight excluding hydrogens is 260 g/mol. The van der Waals surface area contributed by atoms with Gasteiger partial charge in [-0.05, 0) is 44.4 Å². The minimum Gasteiger partial charge on any atom is -0.349 e. The first-order valence-electron chi connectivity index (χ1n) is 7.65. The molecule has 1 atom stereocenters. The molecule has 3 N–H and O–H groups in total. The van der Waals surface area contributed by atoms with Crippen molar-refractivity contribution in [2.75, 3.05) is 6.54 Å². The predicted octanol–water partition coefficient (Wildman–Crippen LogP) is 3.01. The van der Waals surface area contributed by atoms with Crippen LogP contribution in [0.5, 0.6) is 0 Å². The summed E-state index contributed by atoms with van der Waals surface area (Å²) in [7, 11) is 0. The summed E-state index contributed by atoms with van der Waals surface area (Å²) in [6, 6.07) is 0. The first kappa shape index (κ1) is 16.8. The Labute approximate surface area is 123 Å². The van der Waals surface area contributed by atoms with E-state index in [2.05, 4.69) is 12.2 Å². The van der Waals surface area contributed by atoms with Gasteiger partial charge < -0.3 is 11.1 Å². The molecule has 0 saturated heterocycles. The molecule has 0 spiro atoms. The zero-order valence-electron chi connectivity index (χ0n) is 12.1. The van der Waals surface area contributed by atoms with E-state index < -0.39 is 0 Å². The SMILES string of the molecule is CC(CN)(NC(=O)CCCC1CCCC1)C1CC1.Cl. The quantitative estimate of drug-likeness (QED) is 0.757. The number of amides is 1. The topological polar surface area (TPSA) is 55.1 Å². The molecule has 2 saturated carbocycles. The zero-order valence-corrected chi connectivity index (χ0v) is 12.9. The monoisotopic (exact) mass is 288 g/mol. The molecule has 0 radical (unpaired) electrons. The van der Waals surface area contributed by atoms with E-state index in [1.54, 1.807) is 0 Å². The van der Waals surface area contributed by atoms with Gasteiger partial charge in [0.05, 0.1) is 5.54 Å². The summed E-state index contributed by atoms with van der Waals surface area (Å²) in [5.74, 6) is 1.70. The third-order valence-electron chi connectivity index (χ3n) is 4.82. The van der Waals surface area contributed by atoms with Gasteiger partial charge in [0.25, 0.3) is 0 Å². The maximum atomic E-state index is 12.0. The Morgan fingerprint density at radius 1 is 1.26 bits per heavy atom. The van der Waals surface area contributed by atoms with Crippen LogP contribution in [0.2, 0.25) is 0 Å². The normalized spacial score (nSPS) is 22.6. The highest BCUT2D eigenvalue weighted by atomic mass is 35.5. The molecule has 2 aliphatic carbocycles. The number of halogens is 1. The van der Waals surface area contributed by atoms with Crippen LogP contribution in [0, 0.1) is 11.8 Å². The van der Waals surface area contributed by atoms with Gasteiger partial charge in [0.15, 0.2) is 0 Å². The van der Waals surface area contributed by atoms with Crippen molar-refractivity contribution < 1.29 is 4.79 Å². The van der Waals surface area contributed by atoms with Crippen LogP contribution in [-0.4, -0.2) is 18.0 Å². The summed E-state index contributed by atoms with van der Waals surface area (Å²) in [6.45, 7) is 2.66. The van der Waals surface area contributed by atoms with Gasteiger partial charge in [0, 0.05) is 13.0 Å². The second-order valence-corrected chi connectivity index (χ2v) is 6.49. The van der Waals surface area contributed by atoms with Gasteiger partial charge in [0.2, 0.25) is 5.91 Å². The van der Waals surface area contributed by atoms with Crippen LogP contribution in [0.4, 0.5) is 0 Å². The van der Waals surface area contributed by atoms with Gasteiger partial charge >= 0.3 is 0 Å². The fraction of sp³-hybridized carbons (Fsp3) is 0.933. The fourth-order valence-electron chi connectivity index (χ4n) is 3.27. The Morgan fingerprint density at radius 3 is 2.42 bits per heavy atom. The Kier molecular flexibility index (Phi) is 6.61. The maximum Gasteiger partial charge on any atom is 0.220 e. The summed E-state index contributed by atoms with van der Waals surface area (Å²) in [5.41, 5.74) is 5.66. The number of nitrogens with two attached hydrogens (primary N) is 1. The Morgan fingerprint density at radius 2 is 1.89 bits per heavy atom. The van der Waals surface area contributed by atoms with Crippen LogP contribution < -0.4 is 11.1 Å². The van der Waals surface area contributed by atoms with E-state index in [1.165, 1.54) is 44.9 Å². The fourth-order valence-corrected chi connectivity index (χ4v) is 3.27. The lowest BCUT2D eigenvalue weighted by molar-refractivity contribution is -0.123. The van der Waals surface area contributed by atoms with Crippen molar-refractivity contribution in [2.45, 2.75) is 70.3 Å². The molecule has 0 bridgehead atoms. The smallest absolute Gasteiger partial charge is 0.220 e. The second kappa shape index (κ2) is 7.49. The van der Waals surface area contributed by atoms with Crippen molar-refractivity contribution in [2.24, 2.45) is 17.6 Å². The number of hydrogen-bond donors (Lipinski definition) is 2. The molecule has 4 heteroatoms. The minimum atomic E-state index is -0.148. The van der Waals surface area contributed by atoms with Crippen LogP contribution in [0.1, 0.15) is 64.7 Å². The zero-order chi connectivity index (χ0) is 13.0. The van der Waals surface area contributed by atoms with Gasteiger partial charge in [0.1, 0.15) is 0 Å². The first-order chi connectivity index (χ1) is 8.64. The van der Waals surface area contributed by atoms with Crippen LogP contribution in [0.15, 0.2) is 0 Å². The summed E-state index contributed by atoms with van der Waals surface area (Å²) < 4.78 is 0. The summed E-state index contributed by atoms with van der Waals surface area (Å²) >= 11 is 0. The van der Waals surface area contributed by atoms with E-state index in [0.717, 1.165) is 12.3 Å². The third-order valence-corrected chi connectivity index (χ3v) is 4.82. The number of carbonyl (C=O) groups excluding carboxylic acids is 1. The molecule has 0 aromatic heterocycles. The van der Waals surface area contributed by atoms with E-state index >= 15 is 0 Å². The maximum absolute atomic E-state index is 12.0. The highest BCUT2D eigenvalue weighted by Gasteiger charge is 2.41. The van der Waals surface area contributed by atoms with Gasteiger partial charge in [-0.1, -0.05) is 25.7 Å². The standard InChI is InChI=1S/C15H28N2O.ClH/c1-15(11-16,13-9-10-13)17-14(18)8-4-7-12-5-2-3-6-12;/h12-13H,2-11,16H2,1H3,(H,17,18);1H. The summed E-state index contributed by atoms with van der Waals surface area (Å²) in [6.07, 6.45) is 10.9. The number of rotatable bonds is 7. The second-order valence-electron chi connectivity index (χ2n) is 6.49. The average molecular weight is 289 g/mol. The molecule has 2 aliphatic rings. The molecule has 1 unspecified atom stereocenters. The third kappa shape index (κ3) is 4.96. The van der Waals surface area contributed by atoms with E-state index in [9.17, 15) is 4.79 Å². The molecule has 112 valence electrons. The molecular formula is C15H29ClN2O. The van der Waals surface area contributed by atoms with E-state index in [4.69, 9.17) is 5.73 Å². The highest BCUT2D eigenvalue weighted by Crippen LogP contribution is 2.39. The largest absolute Gasteiger partial charge is 0.349 e. The molecule has 2 fully saturated rings. The van der Waals surface area contributed by atoms with Crippen molar-refractivity contribution >= 4 is 18.3 Å². The highest BCUT2D eigenvalue weighted by molar-refractivity contribution is 5.85. The molecule has 3 nitrogen and oxygen atoms in total. The molecule has 0 heterocycles. The van der Waals surface area contributed by atoms with Crippen LogP contribution in [0.3, 0.4) is 0 Å². The Bertz CT molecular complexity index is 288. The van der Waals surface area contributed by atoms with Crippen LogP contribution in [0.25, 0.3) is 0 Å². The van der Waals surface area contributed by atoms with Crippen LogP contribution >= 0.6 is 12.4 Å². The van der Waals surface area contributed by atoms with Crippen molar-refractivity contribution in [3.63, 3.8) is 0 Å². The molecule has 19 heavy (non-hydrogen) atoms. The van der Waals surface area contributed by atoms with Gasteiger partial charge in [-0.3, -0.25) is 4.79 Å². The van der Waals surface area contributed by atoms with Gasteiger partial charge in [-0.25, -0.2) is 0 Å². The Balaban J connectivity index is 0.00000180. The minimum absolute atomic E-state index is 0. The van der Waals surface area contributed by atoms with Crippen LogP contribution in [-0.2, 0) is 4.79 Å². The molecule has 1 amide bonds. The lowest BCUT2D eigenvalue weighted by atomic mass is 9.95. The Hall–Kier alpha value is -0.280. The van der Waals surface area contributed by atoms with E-state index in [-0.39, 0.29) is 23.9 Å². The van der Waals surface area contributed by atoms with Crippen molar-refractivity contribution in [3.8, 4) is 0 Å². The number of carbonyl (C=O) groups is 1.